The molecule has 0 spiro atoms. The SMILES string of the molecule is C[C@@H](OC(=O)CCCc1nc2ccccc2s1)C(=O)N1CCc2ccccc21. The minimum Gasteiger partial charge on any atom is -0.453 e. The van der Waals surface area contributed by atoms with Gasteiger partial charge < -0.3 is 9.64 Å². The van der Waals surface area contributed by atoms with Crippen LogP contribution in [0.4, 0.5) is 5.69 Å². The number of nitrogens with zero attached hydrogens (tertiary/aromatic N) is 2. The molecule has 1 aliphatic rings. The zero-order valence-electron chi connectivity index (χ0n) is 15.8. The molecule has 1 aromatic heterocycles. The van der Waals surface area contributed by atoms with Crippen molar-refractivity contribution in [2.45, 2.75) is 38.7 Å². The molecule has 1 aliphatic heterocycles. The summed E-state index contributed by atoms with van der Waals surface area (Å²) in [4.78, 5) is 31.1. The Morgan fingerprint density at radius 2 is 1.96 bits per heavy atom. The highest BCUT2D eigenvalue weighted by Gasteiger charge is 2.29. The molecule has 4 rings (SSSR count). The predicted octanol–water partition coefficient (Wildman–Crippen LogP) is 4.14. The standard InChI is InChI=1S/C22H22N2O3S/c1-15(22(26)24-14-13-16-7-2-4-9-18(16)24)27-21(25)12-6-11-20-23-17-8-3-5-10-19(17)28-20/h2-5,7-10,15H,6,11-14H2,1H3/t15-/m1/s1. The van der Waals surface area contributed by atoms with Gasteiger partial charge in [-0.1, -0.05) is 30.3 Å². The third kappa shape index (κ3) is 3.92. The lowest BCUT2D eigenvalue weighted by atomic mass is 10.2. The van der Waals surface area contributed by atoms with E-state index in [2.05, 4.69) is 11.1 Å². The first-order chi connectivity index (χ1) is 13.6. The van der Waals surface area contributed by atoms with Crippen LogP contribution in [-0.2, 0) is 27.2 Å². The van der Waals surface area contributed by atoms with Crippen LogP contribution in [0.1, 0.15) is 30.3 Å². The van der Waals surface area contributed by atoms with Crippen LogP contribution in [0.25, 0.3) is 10.2 Å². The van der Waals surface area contributed by atoms with Crippen LogP contribution in [0.2, 0.25) is 0 Å². The molecule has 5 nitrogen and oxygen atoms in total. The summed E-state index contributed by atoms with van der Waals surface area (Å²) in [5.41, 5.74) is 3.08. The molecule has 28 heavy (non-hydrogen) atoms. The number of hydrogen-bond acceptors (Lipinski definition) is 5. The number of carbonyl (C=O) groups is 2. The average molecular weight is 394 g/mol. The van der Waals surface area contributed by atoms with Gasteiger partial charge in [0.2, 0.25) is 0 Å². The van der Waals surface area contributed by atoms with Gasteiger partial charge in [-0.2, -0.15) is 0 Å². The molecule has 2 heterocycles. The Kier molecular flexibility index (Phi) is 5.39. The van der Waals surface area contributed by atoms with Crippen molar-refractivity contribution < 1.29 is 14.3 Å². The Bertz CT molecular complexity index is 981. The summed E-state index contributed by atoms with van der Waals surface area (Å²) in [5.74, 6) is -0.501. The molecular formula is C22H22N2O3S. The number of thiazole rings is 1. The van der Waals surface area contributed by atoms with E-state index in [1.54, 1.807) is 23.2 Å². The highest BCUT2D eigenvalue weighted by atomic mass is 32.1. The Balaban J connectivity index is 1.27. The molecule has 0 radical (unpaired) electrons. The van der Waals surface area contributed by atoms with E-state index in [0.29, 0.717) is 13.0 Å². The Labute approximate surface area is 168 Å². The van der Waals surface area contributed by atoms with E-state index < -0.39 is 6.10 Å². The lowest BCUT2D eigenvalue weighted by Crippen LogP contribution is -2.39. The maximum Gasteiger partial charge on any atom is 0.306 e. The Hall–Kier alpha value is -2.73. The van der Waals surface area contributed by atoms with Gasteiger partial charge in [0.1, 0.15) is 0 Å². The summed E-state index contributed by atoms with van der Waals surface area (Å²) in [6.45, 7) is 2.28. The number of aryl methyl sites for hydroxylation is 1. The maximum atomic E-state index is 12.7. The van der Waals surface area contributed by atoms with Gasteiger partial charge in [-0.15, -0.1) is 11.3 Å². The third-order valence-electron chi connectivity index (χ3n) is 4.92. The fourth-order valence-corrected chi connectivity index (χ4v) is 4.51. The number of amides is 1. The first-order valence-corrected chi connectivity index (χ1v) is 10.4. The predicted molar refractivity (Wildman–Crippen MR) is 111 cm³/mol. The molecule has 1 amide bonds. The van der Waals surface area contributed by atoms with Crippen LogP contribution < -0.4 is 4.90 Å². The molecule has 0 aliphatic carbocycles. The molecule has 0 saturated heterocycles. The van der Waals surface area contributed by atoms with E-state index in [1.807, 2.05) is 42.5 Å². The summed E-state index contributed by atoms with van der Waals surface area (Å²) in [6.07, 6.45) is 1.73. The van der Waals surface area contributed by atoms with Gasteiger partial charge in [0, 0.05) is 18.7 Å². The van der Waals surface area contributed by atoms with Crippen molar-refractivity contribution in [3.05, 3.63) is 59.1 Å². The molecule has 0 fully saturated rings. The monoisotopic (exact) mass is 394 g/mol. The van der Waals surface area contributed by atoms with Gasteiger partial charge in [0.05, 0.1) is 15.2 Å². The maximum absolute atomic E-state index is 12.7. The van der Waals surface area contributed by atoms with E-state index in [4.69, 9.17) is 4.74 Å². The Morgan fingerprint density at radius 1 is 1.18 bits per heavy atom. The number of carbonyl (C=O) groups excluding carboxylic acids is 2. The van der Waals surface area contributed by atoms with Crippen molar-refractivity contribution >= 4 is 39.1 Å². The van der Waals surface area contributed by atoms with Gasteiger partial charge >= 0.3 is 5.97 Å². The number of para-hydroxylation sites is 2. The second-order valence-corrected chi connectivity index (χ2v) is 8.04. The first kappa shape index (κ1) is 18.6. The zero-order valence-corrected chi connectivity index (χ0v) is 16.6. The number of benzene rings is 2. The number of esters is 1. The molecule has 0 unspecified atom stereocenters. The van der Waals surface area contributed by atoms with Gasteiger partial charge in [0.25, 0.3) is 5.91 Å². The van der Waals surface area contributed by atoms with E-state index in [0.717, 1.165) is 39.3 Å². The Morgan fingerprint density at radius 3 is 2.82 bits per heavy atom. The molecule has 6 heteroatoms. The van der Waals surface area contributed by atoms with Gasteiger partial charge in [-0.3, -0.25) is 9.59 Å². The largest absolute Gasteiger partial charge is 0.453 e. The first-order valence-electron chi connectivity index (χ1n) is 9.55. The fourth-order valence-electron chi connectivity index (χ4n) is 3.50. The van der Waals surface area contributed by atoms with Crippen molar-refractivity contribution in [1.82, 2.24) is 4.98 Å². The second-order valence-electron chi connectivity index (χ2n) is 6.93. The number of ether oxygens (including phenoxy) is 1. The molecule has 0 N–H and O–H groups in total. The quantitative estimate of drug-likeness (QED) is 0.590. The summed E-state index contributed by atoms with van der Waals surface area (Å²) in [5, 5.41) is 1.02. The van der Waals surface area contributed by atoms with Gasteiger partial charge in [-0.25, -0.2) is 4.98 Å². The van der Waals surface area contributed by atoms with E-state index >= 15 is 0 Å². The molecule has 144 valence electrons. The highest BCUT2D eigenvalue weighted by Crippen LogP contribution is 2.28. The molecule has 0 saturated carbocycles. The number of rotatable bonds is 6. The summed E-state index contributed by atoms with van der Waals surface area (Å²) in [6, 6.07) is 15.9. The molecule has 3 aromatic rings. The number of anilines is 1. The van der Waals surface area contributed by atoms with Gasteiger partial charge in [-0.05, 0) is 49.9 Å². The van der Waals surface area contributed by atoms with Crippen molar-refractivity contribution in [2.75, 3.05) is 11.4 Å². The smallest absolute Gasteiger partial charge is 0.306 e. The van der Waals surface area contributed by atoms with Crippen molar-refractivity contribution in [1.29, 1.82) is 0 Å². The fraction of sp³-hybridized carbons (Fsp3) is 0.318. The van der Waals surface area contributed by atoms with Crippen LogP contribution in [-0.4, -0.2) is 29.5 Å². The third-order valence-corrected chi connectivity index (χ3v) is 6.02. The molecule has 2 aromatic carbocycles. The lowest BCUT2D eigenvalue weighted by molar-refractivity contribution is -0.153. The van der Waals surface area contributed by atoms with Crippen LogP contribution in [0, 0.1) is 0 Å². The zero-order chi connectivity index (χ0) is 19.5. The number of fused-ring (bicyclic) bond motifs is 2. The van der Waals surface area contributed by atoms with Crippen molar-refractivity contribution in [2.24, 2.45) is 0 Å². The number of aromatic nitrogens is 1. The van der Waals surface area contributed by atoms with Crippen LogP contribution in [0.3, 0.4) is 0 Å². The molecule has 0 bridgehead atoms. The molecule has 1 atom stereocenters. The van der Waals surface area contributed by atoms with Crippen molar-refractivity contribution in [3.8, 4) is 0 Å². The van der Waals surface area contributed by atoms with Crippen molar-refractivity contribution in [3.63, 3.8) is 0 Å². The topological polar surface area (TPSA) is 59.5 Å². The van der Waals surface area contributed by atoms with Crippen LogP contribution in [0.15, 0.2) is 48.5 Å². The second kappa shape index (κ2) is 8.10. The van der Waals surface area contributed by atoms with Crippen LogP contribution in [0.5, 0.6) is 0 Å². The minimum atomic E-state index is -0.777. The van der Waals surface area contributed by atoms with E-state index in [9.17, 15) is 9.59 Å². The summed E-state index contributed by atoms with van der Waals surface area (Å²) >= 11 is 1.65. The van der Waals surface area contributed by atoms with Gasteiger partial charge in [0.15, 0.2) is 6.10 Å². The average Bonchev–Trinajstić information content (AvgIpc) is 3.31. The normalized spacial score (nSPS) is 14.1. The lowest BCUT2D eigenvalue weighted by Gasteiger charge is -2.21. The minimum absolute atomic E-state index is 0.163. The number of hydrogen-bond donors (Lipinski definition) is 0. The molecular weight excluding hydrogens is 372 g/mol. The van der Waals surface area contributed by atoms with E-state index in [1.165, 1.54) is 0 Å². The highest BCUT2D eigenvalue weighted by molar-refractivity contribution is 7.18. The van der Waals surface area contributed by atoms with E-state index in [-0.39, 0.29) is 18.3 Å². The summed E-state index contributed by atoms with van der Waals surface area (Å²) in [7, 11) is 0. The van der Waals surface area contributed by atoms with Crippen LogP contribution >= 0.6 is 11.3 Å². The summed E-state index contributed by atoms with van der Waals surface area (Å²) < 4.78 is 6.55.